The van der Waals surface area contributed by atoms with Gasteiger partial charge in [0, 0.05) is 0 Å². The number of aromatic nitrogens is 2. The highest BCUT2D eigenvalue weighted by Gasteiger charge is 2.43. The van der Waals surface area contributed by atoms with E-state index in [2.05, 4.69) is 14.7 Å². The summed E-state index contributed by atoms with van der Waals surface area (Å²) in [5.41, 5.74) is 4.88. The van der Waals surface area contributed by atoms with Crippen molar-refractivity contribution in [3.8, 4) is 0 Å². The third-order valence-electron chi connectivity index (χ3n) is 2.35. The molecule has 0 saturated heterocycles. The lowest BCUT2D eigenvalue weighted by Gasteiger charge is -2.33. The SMILES string of the molecule is NC1(c2nc(C(F)(F)F)no2)CCC1. The molecule has 1 saturated carbocycles. The predicted molar refractivity (Wildman–Crippen MR) is 39.0 cm³/mol. The molecule has 2 rings (SSSR count). The van der Waals surface area contributed by atoms with Crippen LogP contribution in [0.4, 0.5) is 13.2 Å². The van der Waals surface area contributed by atoms with E-state index in [0.717, 1.165) is 6.42 Å². The third-order valence-corrected chi connectivity index (χ3v) is 2.35. The molecule has 0 spiro atoms. The van der Waals surface area contributed by atoms with E-state index in [0.29, 0.717) is 12.8 Å². The van der Waals surface area contributed by atoms with Crippen LogP contribution in [0.5, 0.6) is 0 Å². The monoisotopic (exact) mass is 207 g/mol. The molecule has 0 unspecified atom stereocenters. The van der Waals surface area contributed by atoms with Crippen LogP contribution < -0.4 is 5.73 Å². The summed E-state index contributed by atoms with van der Waals surface area (Å²) in [6.07, 6.45) is -2.51. The Kier molecular flexibility index (Phi) is 1.82. The van der Waals surface area contributed by atoms with Crippen molar-refractivity contribution < 1.29 is 17.7 Å². The minimum Gasteiger partial charge on any atom is -0.337 e. The third kappa shape index (κ3) is 1.37. The van der Waals surface area contributed by atoms with E-state index < -0.39 is 17.5 Å². The zero-order chi connectivity index (χ0) is 10.4. The Balaban J connectivity index is 2.26. The minimum atomic E-state index is -4.57. The van der Waals surface area contributed by atoms with Crippen molar-refractivity contribution >= 4 is 0 Å². The van der Waals surface area contributed by atoms with Crippen LogP contribution in [0.3, 0.4) is 0 Å². The van der Waals surface area contributed by atoms with Crippen LogP contribution in [-0.4, -0.2) is 10.1 Å². The summed E-state index contributed by atoms with van der Waals surface area (Å²) in [6.45, 7) is 0. The van der Waals surface area contributed by atoms with Gasteiger partial charge in [-0.15, -0.1) is 0 Å². The second kappa shape index (κ2) is 2.69. The quantitative estimate of drug-likeness (QED) is 0.756. The first kappa shape index (κ1) is 9.45. The van der Waals surface area contributed by atoms with Crippen molar-refractivity contribution in [1.82, 2.24) is 10.1 Å². The molecular formula is C7H8F3N3O. The first-order chi connectivity index (χ1) is 6.42. The molecular weight excluding hydrogens is 199 g/mol. The van der Waals surface area contributed by atoms with Gasteiger partial charge < -0.3 is 10.3 Å². The number of hydrogen-bond donors (Lipinski definition) is 1. The molecule has 4 nitrogen and oxygen atoms in total. The van der Waals surface area contributed by atoms with Crippen LogP contribution in [0.25, 0.3) is 0 Å². The highest BCUT2D eigenvalue weighted by Crippen LogP contribution is 2.38. The number of rotatable bonds is 1. The molecule has 1 aliphatic rings. The zero-order valence-corrected chi connectivity index (χ0v) is 7.14. The molecule has 0 atom stereocenters. The predicted octanol–water partition coefficient (Wildman–Crippen LogP) is 1.43. The van der Waals surface area contributed by atoms with Gasteiger partial charge in [0.1, 0.15) is 0 Å². The summed E-state index contributed by atoms with van der Waals surface area (Å²) >= 11 is 0. The molecule has 7 heteroatoms. The van der Waals surface area contributed by atoms with Gasteiger partial charge >= 0.3 is 6.18 Å². The van der Waals surface area contributed by atoms with Crippen LogP contribution in [-0.2, 0) is 11.7 Å². The Morgan fingerprint density at radius 3 is 2.36 bits per heavy atom. The van der Waals surface area contributed by atoms with Gasteiger partial charge in [-0.2, -0.15) is 18.2 Å². The van der Waals surface area contributed by atoms with Gasteiger partial charge in [0.15, 0.2) is 0 Å². The van der Waals surface area contributed by atoms with Gasteiger partial charge in [0.05, 0.1) is 5.54 Å². The Morgan fingerprint density at radius 2 is 2.00 bits per heavy atom. The largest absolute Gasteiger partial charge is 0.455 e. The normalized spacial score (nSPS) is 20.6. The molecule has 1 aromatic rings. The van der Waals surface area contributed by atoms with Gasteiger partial charge in [0.25, 0.3) is 5.82 Å². The van der Waals surface area contributed by atoms with Gasteiger partial charge in [-0.05, 0) is 19.3 Å². The maximum atomic E-state index is 12.1. The Morgan fingerprint density at radius 1 is 1.36 bits per heavy atom. The molecule has 1 fully saturated rings. The number of hydrogen-bond acceptors (Lipinski definition) is 4. The zero-order valence-electron chi connectivity index (χ0n) is 7.14. The standard InChI is InChI=1S/C7H8F3N3O/c8-7(9,10)4-12-5(14-13-4)6(11)2-1-3-6/h1-3,11H2. The molecule has 0 bridgehead atoms. The summed E-state index contributed by atoms with van der Waals surface area (Å²) in [5.74, 6) is -1.37. The molecule has 0 aliphatic heterocycles. The second-order valence-corrected chi connectivity index (χ2v) is 3.43. The van der Waals surface area contributed by atoms with E-state index >= 15 is 0 Å². The van der Waals surface area contributed by atoms with E-state index in [-0.39, 0.29) is 5.89 Å². The number of nitrogens with two attached hydrogens (primary N) is 1. The lowest BCUT2D eigenvalue weighted by molar-refractivity contribution is -0.146. The molecule has 0 amide bonds. The Labute approximate surface area is 77.3 Å². The summed E-state index contributed by atoms with van der Waals surface area (Å²) in [6, 6.07) is 0. The first-order valence-corrected chi connectivity index (χ1v) is 4.12. The van der Waals surface area contributed by atoms with Crippen molar-refractivity contribution in [2.24, 2.45) is 5.73 Å². The summed E-state index contributed by atoms with van der Waals surface area (Å²) < 4.78 is 40.7. The average molecular weight is 207 g/mol. The molecule has 1 aliphatic carbocycles. The van der Waals surface area contributed by atoms with Crippen LogP contribution in [0.15, 0.2) is 4.52 Å². The van der Waals surface area contributed by atoms with E-state index in [1.165, 1.54) is 0 Å². The van der Waals surface area contributed by atoms with Gasteiger partial charge in [0.2, 0.25) is 5.89 Å². The Bertz CT molecular complexity index is 342. The number of nitrogens with zero attached hydrogens (tertiary/aromatic N) is 2. The molecule has 78 valence electrons. The lowest BCUT2D eigenvalue weighted by Crippen LogP contribution is -2.43. The van der Waals surface area contributed by atoms with Crippen molar-refractivity contribution in [2.45, 2.75) is 31.0 Å². The average Bonchev–Trinajstić information content (AvgIpc) is 2.46. The van der Waals surface area contributed by atoms with E-state index in [4.69, 9.17) is 5.73 Å². The van der Waals surface area contributed by atoms with Crippen LogP contribution in [0.2, 0.25) is 0 Å². The van der Waals surface area contributed by atoms with Crippen LogP contribution in [0.1, 0.15) is 31.0 Å². The molecule has 2 N–H and O–H groups in total. The minimum absolute atomic E-state index is 0.115. The fourth-order valence-electron chi connectivity index (χ4n) is 1.31. The van der Waals surface area contributed by atoms with Gasteiger partial charge in [-0.3, -0.25) is 0 Å². The van der Waals surface area contributed by atoms with Crippen LogP contribution in [0, 0.1) is 0 Å². The van der Waals surface area contributed by atoms with Gasteiger partial charge in [-0.25, -0.2) is 0 Å². The lowest BCUT2D eigenvalue weighted by atomic mass is 9.78. The summed E-state index contributed by atoms with van der Waals surface area (Å²) in [4.78, 5) is 3.25. The molecule has 0 radical (unpaired) electrons. The second-order valence-electron chi connectivity index (χ2n) is 3.43. The summed E-state index contributed by atoms with van der Waals surface area (Å²) in [5, 5.41) is 2.84. The van der Waals surface area contributed by atoms with Crippen LogP contribution >= 0.6 is 0 Å². The highest BCUT2D eigenvalue weighted by molar-refractivity contribution is 5.07. The fraction of sp³-hybridized carbons (Fsp3) is 0.714. The highest BCUT2D eigenvalue weighted by atomic mass is 19.4. The maximum absolute atomic E-state index is 12.1. The Hall–Kier alpha value is -1.11. The summed E-state index contributed by atoms with van der Waals surface area (Å²) in [7, 11) is 0. The van der Waals surface area contributed by atoms with E-state index in [1.807, 2.05) is 0 Å². The van der Waals surface area contributed by atoms with Crippen molar-refractivity contribution in [3.05, 3.63) is 11.7 Å². The first-order valence-electron chi connectivity index (χ1n) is 4.12. The fourth-order valence-corrected chi connectivity index (χ4v) is 1.31. The van der Waals surface area contributed by atoms with Crippen molar-refractivity contribution in [1.29, 1.82) is 0 Å². The maximum Gasteiger partial charge on any atom is 0.455 e. The molecule has 1 heterocycles. The molecule has 1 aromatic heterocycles. The smallest absolute Gasteiger partial charge is 0.337 e. The topological polar surface area (TPSA) is 64.9 Å². The van der Waals surface area contributed by atoms with Crippen molar-refractivity contribution in [2.75, 3.05) is 0 Å². The van der Waals surface area contributed by atoms with E-state index in [9.17, 15) is 13.2 Å². The number of halogens is 3. The number of alkyl halides is 3. The van der Waals surface area contributed by atoms with E-state index in [1.54, 1.807) is 0 Å². The van der Waals surface area contributed by atoms with Gasteiger partial charge in [-0.1, -0.05) is 5.16 Å². The van der Waals surface area contributed by atoms with Crippen molar-refractivity contribution in [3.63, 3.8) is 0 Å². The molecule has 14 heavy (non-hydrogen) atoms. The molecule has 0 aromatic carbocycles.